The van der Waals surface area contributed by atoms with Gasteiger partial charge >= 0.3 is 0 Å². The lowest BCUT2D eigenvalue weighted by Crippen LogP contribution is -2.33. The van der Waals surface area contributed by atoms with Crippen molar-refractivity contribution in [1.29, 1.82) is 0 Å². The Morgan fingerprint density at radius 3 is 3.00 bits per heavy atom. The topological polar surface area (TPSA) is 60.2 Å². The van der Waals surface area contributed by atoms with Gasteiger partial charge in [-0.1, -0.05) is 12.1 Å². The molecule has 0 spiro atoms. The number of nitrogens with one attached hydrogen (secondary N) is 1. The van der Waals surface area contributed by atoms with Crippen LogP contribution < -0.4 is 5.32 Å². The number of hydrogen-bond donors (Lipinski definition) is 1. The van der Waals surface area contributed by atoms with Crippen molar-refractivity contribution in [3.05, 3.63) is 11.7 Å². The molecular weight excluding hydrogens is 218 g/mol. The lowest BCUT2D eigenvalue weighted by atomic mass is 9.93. The number of hydrogen-bond acceptors (Lipinski definition) is 5. The Balaban J connectivity index is 1.74. The van der Waals surface area contributed by atoms with Crippen LogP contribution in [0.15, 0.2) is 4.52 Å². The van der Waals surface area contributed by atoms with Gasteiger partial charge in [-0.05, 0) is 38.1 Å². The summed E-state index contributed by atoms with van der Waals surface area (Å²) < 4.78 is 10.9. The molecule has 17 heavy (non-hydrogen) atoms. The van der Waals surface area contributed by atoms with Crippen molar-refractivity contribution in [2.24, 2.45) is 5.92 Å². The Hall–Kier alpha value is -0.940. The van der Waals surface area contributed by atoms with Crippen LogP contribution in [0.2, 0.25) is 0 Å². The van der Waals surface area contributed by atoms with E-state index in [0.29, 0.717) is 5.92 Å². The first-order valence-electron chi connectivity index (χ1n) is 6.53. The average molecular weight is 237 g/mol. The van der Waals surface area contributed by atoms with E-state index in [-0.39, 0.29) is 12.1 Å². The van der Waals surface area contributed by atoms with E-state index >= 15 is 0 Å². The van der Waals surface area contributed by atoms with E-state index in [1.54, 1.807) is 0 Å². The third-order valence-electron chi connectivity index (χ3n) is 3.71. The van der Waals surface area contributed by atoms with E-state index in [4.69, 9.17) is 9.26 Å². The molecule has 3 atom stereocenters. The molecule has 0 radical (unpaired) electrons. The van der Waals surface area contributed by atoms with E-state index in [0.717, 1.165) is 37.7 Å². The molecule has 1 aromatic rings. The minimum atomic E-state index is 0.0476. The quantitative estimate of drug-likeness (QED) is 0.852. The number of aromatic nitrogens is 2. The molecule has 5 heteroatoms. The molecule has 0 aromatic carbocycles. The van der Waals surface area contributed by atoms with Gasteiger partial charge in [-0.15, -0.1) is 0 Å². The molecular formula is C12H19N3O2. The fourth-order valence-electron chi connectivity index (χ4n) is 2.67. The molecule has 0 bridgehead atoms. The highest BCUT2D eigenvalue weighted by molar-refractivity contribution is 4.99. The standard InChI is InChI=1S/C12H19N3O2/c1-8-4-2-6-13-10(8)12-14-11(15-17-12)9-5-3-7-16-9/h8-10,13H,2-7H2,1H3. The summed E-state index contributed by atoms with van der Waals surface area (Å²) in [4.78, 5) is 4.50. The van der Waals surface area contributed by atoms with Gasteiger partial charge in [-0.2, -0.15) is 4.98 Å². The van der Waals surface area contributed by atoms with Gasteiger partial charge in [0.2, 0.25) is 11.7 Å². The second-order valence-corrected chi connectivity index (χ2v) is 5.04. The van der Waals surface area contributed by atoms with Crippen molar-refractivity contribution in [1.82, 2.24) is 15.5 Å². The van der Waals surface area contributed by atoms with Crippen molar-refractivity contribution in [2.45, 2.75) is 44.8 Å². The molecule has 0 amide bonds. The average Bonchev–Trinajstić information content (AvgIpc) is 3.00. The van der Waals surface area contributed by atoms with Crippen molar-refractivity contribution in [2.75, 3.05) is 13.2 Å². The molecule has 3 rings (SSSR count). The van der Waals surface area contributed by atoms with Crippen LogP contribution in [-0.2, 0) is 4.74 Å². The minimum Gasteiger partial charge on any atom is -0.370 e. The highest BCUT2D eigenvalue weighted by Crippen LogP contribution is 2.30. The maximum Gasteiger partial charge on any atom is 0.244 e. The molecule has 94 valence electrons. The van der Waals surface area contributed by atoms with Gasteiger partial charge in [0, 0.05) is 6.61 Å². The summed E-state index contributed by atoms with van der Waals surface area (Å²) in [7, 11) is 0. The second kappa shape index (κ2) is 4.74. The first-order chi connectivity index (χ1) is 8.34. The van der Waals surface area contributed by atoms with E-state index < -0.39 is 0 Å². The van der Waals surface area contributed by atoms with Crippen molar-refractivity contribution >= 4 is 0 Å². The molecule has 3 unspecified atom stereocenters. The minimum absolute atomic E-state index is 0.0476. The monoisotopic (exact) mass is 237 g/mol. The van der Waals surface area contributed by atoms with Crippen molar-refractivity contribution in [3.8, 4) is 0 Å². The van der Waals surface area contributed by atoms with Gasteiger partial charge in [0.25, 0.3) is 0 Å². The van der Waals surface area contributed by atoms with Gasteiger partial charge in [0.05, 0.1) is 6.04 Å². The Labute approximate surface area is 101 Å². The van der Waals surface area contributed by atoms with Crippen LogP contribution in [0.1, 0.15) is 56.5 Å². The summed E-state index contributed by atoms with van der Waals surface area (Å²) in [5.41, 5.74) is 0. The van der Waals surface area contributed by atoms with Gasteiger partial charge in [0.15, 0.2) is 0 Å². The van der Waals surface area contributed by atoms with Crippen molar-refractivity contribution in [3.63, 3.8) is 0 Å². The second-order valence-electron chi connectivity index (χ2n) is 5.04. The van der Waals surface area contributed by atoms with E-state index in [1.807, 2.05) is 0 Å². The van der Waals surface area contributed by atoms with Crippen LogP contribution in [0.4, 0.5) is 0 Å². The van der Waals surface area contributed by atoms with Crippen LogP contribution in [0, 0.1) is 5.92 Å². The Kier molecular flexibility index (Phi) is 3.11. The van der Waals surface area contributed by atoms with Gasteiger partial charge in [-0.3, -0.25) is 0 Å². The third kappa shape index (κ3) is 2.21. The number of rotatable bonds is 2. The zero-order chi connectivity index (χ0) is 11.7. The molecule has 2 fully saturated rings. The highest BCUT2D eigenvalue weighted by Gasteiger charge is 2.30. The third-order valence-corrected chi connectivity index (χ3v) is 3.71. The fourth-order valence-corrected chi connectivity index (χ4v) is 2.67. The zero-order valence-corrected chi connectivity index (χ0v) is 10.2. The van der Waals surface area contributed by atoms with Crippen LogP contribution in [0.3, 0.4) is 0 Å². The van der Waals surface area contributed by atoms with Crippen LogP contribution in [0.5, 0.6) is 0 Å². The van der Waals surface area contributed by atoms with E-state index in [1.165, 1.54) is 12.8 Å². The van der Waals surface area contributed by atoms with Crippen LogP contribution in [-0.4, -0.2) is 23.3 Å². The maximum absolute atomic E-state index is 5.56. The lowest BCUT2D eigenvalue weighted by molar-refractivity contribution is 0.103. The summed E-state index contributed by atoms with van der Waals surface area (Å²) in [5, 5.41) is 7.51. The number of piperidine rings is 1. The number of ether oxygens (including phenoxy) is 1. The summed E-state index contributed by atoms with van der Waals surface area (Å²) in [5.74, 6) is 2.00. The fraction of sp³-hybridized carbons (Fsp3) is 0.833. The predicted octanol–water partition coefficient (Wildman–Crippen LogP) is 1.98. The summed E-state index contributed by atoms with van der Waals surface area (Å²) >= 11 is 0. The van der Waals surface area contributed by atoms with E-state index in [9.17, 15) is 0 Å². The largest absolute Gasteiger partial charge is 0.370 e. The molecule has 0 aliphatic carbocycles. The smallest absolute Gasteiger partial charge is 0.244 e. The lowest BCUT2D eigenvalue weighted by Gasteiger charge is -2.26. The van der Waals surface area contributed by atoms with Gasteiger partial charge in [-0.25, -0.2) is 0 Å². The van der Waals surface area contributed by atoms with Gasteiger partial charge in [0.1, 0.15) is 6.10 Å². The Morgan fingerprint density at radius 2 is 2.24 bits per heavy atom. The molecule has 1 aromatic heterocycles. The first-order valence-corrected chi connectivity index (χ1v) is 6.53. The molecule has 1 N–H and O–H groups in total. The molecule has 0 saturated carbocycles. The molecule has 2 aliphatic heterocycles. The summed E-state index contributed by atoms with van der Waals surface area (Å²) in [6.45, 7) is 4.08. The zero-order valence-electron chi connectivity index (χ0n) is 10.2. The Bertz CT molecular complexity index is 374. The molecule has 3 heterocycles. The predicted molar refractivity (Wildman–Crippen MR) is 61.4 cm³/mol. The van der Waals surface area contributed by atoms with Crippen molar-refractivity contribution < 1.29 is 9.26 Å². The SMILES string of the molecule is CC1CCCNC1c1nc(C2CCCO2)no1. The highest BCUT2D eigenvalue weighted by atomic mass is 16.5. The van der Waals surface area contributed by atoms with E-state index in [2.05, 4.69) is 22.4 Å². The molecule has 2 saturated heterocycles. The number of nitrogens with zero attached hydrogens (tertiary/aromatic N) is 2. The molecule has 5 nitrogen and oxygen atoms in total. The molecule has 2 aliphatic rings. The normalized spacial score (nSPS) is 34.1. The first kappa shape index (κ1) is 11.2. The Morgan fingerprint density at radius 1 is 1.29 bits per heavy atom. The summed E-state index contributed by atoms with van der Waals surface area (Å²) in [6, 6.07) is 0.214. The maximum atomic E-state index is 5.56. The van der Waals surface area contributed by atoms with Gasteiger partial charge < -0.3 is 14.6 Å². The summed E-state index contributed by atoms with van der Waals surface area (Å²) in [6.07, 6.45) is 4.59. The van der Waals surface area contributed by atoms with Crippen LogP contribution in [0.25, 0.3) is 0 Å². The van der Waals surface area contributed by atoms with Crippen LogP contribution >= 0.6 is 0 Å².